The lowest BCUT2D eigenvalue weighted by Gasteiger charge is -2.38. The fourth-order valence-electron chi connectivity index (χ4n) is 2.60. The number of piperidine rings is 1. The maximum Gasteiger partial charge on any atom is 0.133 e. The molecular weight excluding hydrogens is 174 g/mol. The van der Waals surface area contributed by atoms with Gasteiger partial charge in [-0.05, 0) is 25.3 Å². The number of halogens is 1. The molecule has 2 bridgehead atoms. The third kappa shape index (κ3) is 1.99. The molecule has 1 aliphatic carbocycles. The van der Waals surface area contributed by atoms with E-state index in [2.05, 4.69) is 11.9 Å². The first kappa shape index (κ1) is 10.0. The van der Waals surface area contributed by atoms with Crippen LogP contribution in [0.15, 0.2) is 0 Å². The standard InChI is InChI=1S/C9H15NO.ClH/c1-10-5-7-2-8(6-10)4-9(11)3-7;/h7-8H,2-6H2,1H3;1H. The zero-order valence-electron chi connectivity index (χ0n) is 7.45. The predicted octanol–water partition coefficient (Wildman–Crippen LogP) is 1.34. The van der Waals surface area contributed by atoms with Gasteiger partial charge in [-0.3, -0.25) is 4.79 Å². The zero-order chi connectivity index (χ0) is 7.84. The Morgan fingerprint density at radius 3 is 2.25 bits per heavy atom. The second kappa shape index (κ2) is 3.75. The van der Waals surface area contributed by atoms with E-state index in [0.29, 0.717) is 17.6 Å². The van der Waals surface area contributed by atoms with E-state index in [-0.39, 0.29) is 12.4 Å². The van der Waals surface area contributed by atoms with Gasteiger partial charge in [-0.15, -0.1) is 12.4 Å². The van der Waals surface area contributed by atoms with E-state index < -0.39 is 0 Å². The summed E-state index contributed by atoms with van der Waals surface area (Å²) in [5.74, 6) is 1.86. The smallest absolute Gasteiger partial charge is 0.133 e. The number of Topliss-reactive ketones (excluding diaryl/α,β-unsaturated/α-hetero) is 1. The number of likely N-dealkylation sites (tertiary alicyclic amines) is 1. The number of ketones is 1. The molecule has 2 nitrogen and oxygen atoms in total. The Morgan fingerprint density at radius 1 is 1.25 bits per heavy atom. The first-order valence-electron chi connectivity index (χ1n) is 4.44. The molecule has 70 valence electrons. The van der Waals surface area contributed by atoms with Crippen molar-refractivity contribution in [2.45, 2.75) is 19.3 Å². The van der Waals surface area contributed by atoms with Crippen LogP contribution in [0.25, 0.3) is 0 Å². The zero-order valence-corrected chi connectivity index (χ0v) is 8.27. The fourth-order valence-corrected chi connectivity index (χ4v) is 2.60. The van der Waals surface area contributed by atoms with Gasteiger partial charge in [0.1, 0.15) is 5.78 Å². The Morgan fingerprint density at radius 2 is 1.75 bits per heavy atom. The maximum atomic E-state index is 11.2. The number of carbonyl (C=O) groups is 1. The summed E-state index contributed by atoms with van der Waals surface area (Å²) in [7, 11) is 2.16. The van der Waals surface area contributed by atoms with Gasteiger partial charge in [-0.2, -0.15) is 0 Å². The normalized spacial score (nSPS) is 35.9. The number of carbonyl (C=O) groups excluding carboxylic acids is 1. The van der Waals surface area contributed by atoms with Crippen molar-refractivity contribution in [2.75, 3.05) is 20.1 Å². The van der Waals surface area contributed by atoms with Gasteiger partial charge >= 0.3 is 0 Å². The van der Waals surface area contributed by atoms with Crippen molar-refractivity contribution in [1.29, 1.82) is 0 Å². The molecule has 0 spiro atoms. The van der Waals surface area contributed by atoms with Crippen molar-refractivity contribution in [1.82, 2.24) is 4.90 Å². The molecule has 0 amide bonds. The van der Waals surface area contributed by atoms with E-state index in [4.69, 9.17) is 0 Å². The van der Waals surface area contributed by atoms with Gasteiger partial charge in [0.15, 0.2) is 0 Å². The Balaban J connectivity index is 0.000000720. The van der Waals surface area contributed by atoms with Crippen molar-refractivity contribution in [2.24, 2.45) is 11.8 Å². The third-order valence-corrected chi connectivity index (χ3v) is 2.84. The molecule has 2 aliphatic rings. The van der Waals surface area contributed by atoms with Crippen molar-refractivity contribution in [3.8, 4) is 0 Å². The SMILES string of the molecule is CN1CC2CC(=O)CC(C2)C1.Cl. The number of nitrogens with zero attached hydrogens (tertiary/aromatic N) is 1. The van der Waals surface area contributed by atoms with Crippen LogP contribution in [0.2, 0.25) is 0 Å². The van der Waals surface area contributed by atoms with Gasteiger partial charge in [0.05, 0.1) is 0 Å². The number of fused-ring (bicyclic) bond motifs is 2. The maximum absolute atomic E-state index is 11.2. The highest BCUT2D eigenvalue weighted by atomic mass is 35.5. The van der Waals surface area contributed by atoms with Crippen molar-refractivity contribution in [3.63, 3.8) is 0 Å². The molecule has 0 N–H and O–H groups in total. The van der Waals surface area contributed by atoms with E-state index in [1.807, 2.05) is 0 Å². The number of rotatable bonds is 0. The average Bonchev–Trinajstić information content (AvgIpc) is 1.82. The molecular formula is C9H16ClNO. The molecule has 0 aromatic rings. The summed E-state index contributed by atoms with van der Waals surface area (Å²) >= 11 is 0. The quantitative estimate of drug-likeness (QED) is 0.573. The third-order valence-electron chi connectivity index (χ3n) is 2.84. The predicted molar refractivity (Wildman–Crippen MR) is 50.6 cm³/mol. The summed E-state index contributed by atoms with van der Waals surface area (Å²) in [5, 5.41) is 0. The summed E-state index contributed by atoms with van der Waals surface area (Å²) in [6.45, 7) is 2.28. The van der Waals surface area contributed by atoms with E-state index >= 15 is 0 Å². The summed E-state index contributed by atoms with van der Waals surface area (Å²) in [6.07, 6.45) is 3.00. The Labute approximate surface area is 79.7 Å². The second-order valence-electron chi connectivity index (χ2n) is 4.14. The number of hydrogen-bond donors (Lipinski definition) is 0. The highest BCUT2D eigenvalue weighted by Gasteiger charge is 2.32. The van der Waals surface area contributed by atoms with Crippen LogP contribution in [0.1, 0.15) is 19.3 Å². The minimum atomic E-state index is 0. The summed E-state index contributed by atoms with van der Waals surface area (Å²) < 4.78 is 0. The molecule has 1 saturated heterocycles. The molecule has 1 aliphatic heterocycles. The van der Waals surface area contributed by atoms with E-state index in [1.54, 1.807) is 0 Å². The molecule has 0 radical (unpaired) electrons. The van der Waals surface area contributed by atoms with Crippen LogP contribution >= 0.6 is 12.4 Å². The van der Waals surface area contributed by atoms with Crippen LogP contribution < -0.4 is 0 Å². The topological polar surface area (TPSA) is 20.3 Å². The van der Waals surface area contributed by atoms with Crippen LogP contribution in [0.3, 0.4) is 0 Å². The van der Waals surface area contributed by atoms with Crippen molar-refractivity contribution in [3.05, 3.63) is 0 Å². The first-order valence-corrected chi connectivity index (χ1v) is 4.44. The van der Waals surface area contributed by atoms with Gasteiger partial charge in [0, 0.05) is 25.9 Å². The molecule has 2 unspecified atom stereocenters. The first-order chi connectivity index (χ1) is 5.24. The largest absolute Gasteiger partial charge is 0.306 e. The Bertz CT molecular complexity index is 163. The van der Waals surface area contributed by atoms with Gasteiger partial charge in [0.25, 0.3) is 0 Å². The summed E-state index contributed by atoms with van der Waals surface area (Å²) in [6, 6.07) is 0. The lowest BCUT2D eigenvalue weighted by atomic mass is 9.77. The monoisotopic (exact) mass is 189 g/mol. The Kier molecular flexibility index (Phi) is 3.13. The molecule has 1 saturated carbocycles. The molecule has 12 heavy (non-hydrogen) atoms. The van der Waals surface area contributed by atoms with Gasteiger partial charge in [0.2, 0.25) is 0 Å². The molecule has 2 atom stereocenters. The van der Waals surface area contributed by atoms with Crippen molar-refractivity contribution >= 4 is 18.2 Å². The average molecular weight is 190 g/mol. The minimum absolute atomic E-state index is 0. The summed E-state index contributed by atoms with van der Waals surface area (Å²) in [4.78, 5) is 13.5. The van der Waals surface area contributed by atoms with Crippen molar-refractivity contribution < 1.29 is 4.79 Å². The van der Waals surface area contributed by atoms with Gasteiger partial charge in [-0.25, -0.2) is 0 Å². The number of hydrogen-bond acceptors (Lipinski definition) is 2. The molecule has 3 heteroatoms. The fraction of sp³-hybridized carbons (Fsp3) is 0.889. The van der Waals surface area contributed by atoms with Gasteiger partial charge < -0.3 is 4.90 Å². The van der Waals surface area contributed by atoms with E-state index in [0.717, 1.165) is 25.9 Å². The lowest BCUT2D eigenvalue weighted by Crippen LogP contribution is -2.42. The van der Waals surface area contributed by atoms with Gasteiger partial charge in [-0.1, -0.05) is 0 Å². The summed E-state index contributed by atoms with van der Waals surface area (Å²) in [5.41, 5.74) is 0. The van der Waals surface area contributed by atoms with E-state index in [1.165, 1.54) is 6.42 Å². The Hall–Kier alpha value is -0.0800. The molecule has 2 fully saturated rings. The highest BCUT2D eigenvalue weighted by molar-refractivity contribution is 5.85. The minimum Gasteiger partial charge on any atom is -0.306 e. The lowest BCUT2D eigenvalue weighted by molar-refractivity contribution is -0.124. The van der Waals surface area contributed by atoms with Crippen LogP contribution in [-0.4, -0.2) is 30.8 Å². The second-order valence-corrected chi connectivity index (χ2v) is 4.14. The van der Waals surface area contributed by atoms with Crippen LogP contribution in [0.5, 0.6) is 0 Å². The van der Waals surface area contributed by atoms with Crippen LogP contribution in [-0.2, 0) is 4.79 Å². The molecule has 0 aromatic carbocycles. The van der Waals surface area contributed by atoms with Crippen LogP contribution in [0, 0.1) is 11.8 Å². The highest BCUT2D eigenvalue weighted by Crippen LogP contribution is 2.31. The van der Waals surface area contributed by atoms with E-state index in [9.17, 15) is 4.79 Å². The van der Waals surface area contributed by atoms with Crippen LogP contribution in [0.4, 0.5) is 0 Å². The molecule has 0 aromatic heterocycles. The molecule has 2 rings (SSSR count). The molecule has 1 heterocycles.